The highest BCUT2D eigenvalue weighted by atomic mass is 35.5. The van der Waals surface area contributed by atoms with Crippen molar-refractivity contribution >= 4 is 24.1 Å². The number of esters is 1. The number of hydrogen-bond acceptors (Lipinski definition) is 5. The molecule has 1 aromatic rings. The predicted molar refractivity (Wildman–Crippen MR) is 89.6 cm³/mol. The Labute approximate surface area is 137 Å². The highest BCUT2D eigenvalue weighted by Crippen LogP contribution is 2.42. The van der Waals surface area contributed by atoms with Gasteiger partial charge in [0.2, 0.25) is 0 Å². The van der Waals surface area contributed by atoms with Crippen molar-refractivity contribution in [3.63, 3.8) is 0 Å². The van der Waals surface area contributed by atoms with Crippen LogP contribution in [0, 0.1) is 5.92 Å². The van der Waals surface area contributed by atoms with Crippen molar-refractivity contribution in [2.45, 2.75) is 31.3 Å². The summed E-state index contributed by atoms with van der Waals surface area (Å²) in [6, 6.07) is 6.57. The summed E-state index contributed by atoms with van der Waals surface area (Å²) in [5, 5.41) is 7.22. The molecule has 0 aliphatic carbocycles. The van der Waals surface area contributed by atoms with E-state index in [0.717, 1.165) is 38.0 Å². The molecule has 0 aromatic heterocycles. The molecule has 3 atom stereocenters. The standard InChI is InChI=1S/C16H23N3O2.ClH/c1-21-16(20)10-4-5-14-12(9-10)15-11(6-8-18-15)13(19-14)3-2-7-17;/h4-5,9,11,13,15,18-19H,2-3,6-8,17H2,1H3;1H/t11-,13-,15-;/m0./s1. The van der Waals surface area contributed by atoms with Gasteiger partial charge >= 0.3 is 5.97 Å². The molecule has 0 bridgehead atoms. The van der Waals surface area contributed by atoms with E-state index < -0.39 is 0 Å². The first-order valence-electron chi connectivity index (χ1n) is 7.67. The number of nitrogens with one attached hydrogen (secondary N) is 2. The Kier molecular flexibility index (Phi) is 5.67. The number of nitrogens with two attached hydrogens (primary N) is 1. The van der Waals surface area contributed by atoms with Gasteiger partial charge in [-0.3, -0.25) is 0 Å². The van der Waals surface area contributed by atoms with Crippen molar-refractivity contribution in [1.82, 2.24) is 5.32 Å². The van der Waals surface area contributed by atoms with E-state index in [2.05, 4.69) is 10.6 Å². The van der Waals surface area contributed by atoms with E-state index in [0.29, 0.717) is 23.6 Å². The normalized spacial score (nSPS) is 25.5. The van der Waals surface area contributed by atoms with E-state index in [1.165, 1.54) is 12.7 Å². The lowest BCUT2D eigenvalue weighted by atomic mass is 9.81. The third kappa shape index (κ3) is 3.07. The lowest BCUT2D eigenvalue weighted by Gasteiger charge is -2.37. The topological polar surface area (TPSA) is 76.4 Å². The van der Waals surface area contributed by atoms with Crippen LogP contribution in [0.5, 0.6) is 0 Å². The molecule has 1 aromatic carbocycles. The van der Waals surface area contributed by atoms with Crippen LogP contribution in [0.3, 0.4) is 0 Å². The number of hydrogen-bond donors (Lipinski definition) is 3. The van der Waals surface area contributed by atoms with Crippen molar-refractivity contribution in [2.24, 2.45) is 11.7 Å². The summed E-state index contributed by atoms with van der Waals surface area (Å²) in [7, 11) is 1.42. The monoisotopic (exact) mass is 325 g/mol. The summed E-state index contributed by atoms with van der Waals surface area (Å²) >= 11 is 0. The van der Waals surface area contributed by atoms with Crippen LogP contribution in [-0.4, -0.2) is 32.2 Å². The van der Waals surface area contributed by atoms with Crippen LogP contribution < -0.4 is 16.4 Å². The number of halogens is 1. The highest BCUT2D eigenvalue weighted by Gasteiger charge is 2.39. The van der Waals surface area contributed by atoms with Crippen LogP contribution in [0.2, 0.25) is 0 Å². The molecular weight excluding hydrogens is 302 g/mol. The summed E-state index contributed by atoms with van der Waals surface area (Å²) in [5.74, 6) is 0.287. The van der Waals surface area contributed by atoms with Crippen molar-refractivity contribution < 1.29 is 9.53 Å². The first kappa shape index (κ1) is 17.1. The van der Waals surface area contributed by atoms with Gasteiger partial charge in [0, 0.05) is 17.8 Å². The number of carbonyl (C=O) groups excluding carboxylic acids is 1. The Bertz CT molecular complexity index is 538. The number of fused-ring (bicyclic) bond motifs is 3. The largest absolute Gasteiger partial charge is 0.465 e. The SMILES string of the molecule is COC(=O)c1ccc2c(c1)[C@H]1NCC[C@H]1[C@H](CCCN)N2.Cl. The molecule has 3 rings (SSSR count). The van der Waals surface area contributed by atoms with Gasteiger partial charge in [0.25, 0.3) is 0 Å². The number of methoxy groups -OCH3 is 1. The number of benzene rings is 1. The van der Waals surface area contributed by atoms with Gasteiger partial charge in [-0.2, -0.15) is 0 Å². The zero-order valence-corrected chi connectivity index (χ0v) is 13.6. The third-order valence-corrected chi connectivity index (χ3v) is 4.65. The Balaban J connectivity index is 0.00000176. The van der Waals surface area contributed by atoms with E-state index in [1.54, 1.807) is 0 Å². The zero-order valence-electron chi connectivity index (χ0n) is 12.8. The molecule has 122 valence electrons. The summed E-state index contributed by atoms with van der Waals surface area (Å²) in [5.41, 5.74) is 8.58. The van der Waals surface area contributed by atoms with Crippen molar-refractivity contribution in [3.8, 4) is 0 Å². The van der Waals surface area contributed by atoms with Gasteiger partial charge < -0.3 is 21.1 Å². The van der Waals surface area contributed by atoms with Crippen LogP contribution in [0.4, 0.5) is 5.69 Å². The van der Waals surface area contributed by atoms with Gasteiger partial charge in [-0.15, -0.1) is 12.4 Å². The molecule has 0 radical (unpaired) electrons. The Hall–Kier alpha value is -1.30. The first-order valence-corrected chi connectivity index (χ1v) is 7.67. The quantitative estimate of drug-likeness (QED) is 0.739. The zero-order chi connectivity index (χ0) is 14.8. The van der Waals surface area contributed by atoms with Gasteiger partial charge in [-0.1, -0.05) is 0 Å². The second-order valence-corrected chi connectivity index (χ2v) is 5.86. The van der Waals surface area contributed by atoms with E-state index in [-0.39, 0.29) is 18.4 Å². The number of anilines is 1. The molecule has 0 spiro atoms. The fraction of sp³-hybridized carbons (Fsp3) is 0.562. The summed E-state index contributed by atoms with van der Waals surface area (Å²) < 4.78 is 4.82. The lowest BCUT2D eigenvalue weighted by molar-refractivity contribution is 0.0600. The predicted octanol–water partition coefficient (Wildman–Crippen LogP) is 2.08. The first-order chi connectivity index (χ1) is 10.2. The van der Waals surface area contributed by atoms with Gasteiger partial charge in [0.15, 0.2) is 0 Å². The molecule has 5 nitrogen and oxygen atoms in total. The van der Waals surface area contributed by atoms with E-state index in [1.807, 2.05) is 18.2 Å². The minimum absolute atomic E-state index is 0. The summed E-state index contributed by atoms with van der Waals surface area (Å²) in [6.45, 7) is 1.76. The van der Waals surface area contributed by atoms with Gasteiger partial charge in [-0.05, 0) is 62.0 Å². The second kappa shape index (κ2) is 7.31. The third-order valence-electron chi connectivity index (χ3n) is 4.65. The average molecular weight is 326 g/mol. The van der Waals surface area contributed by atoms with E-state index in [9.17, 15) is 4.79 Å². The molecular formula is C16H24ClN3O2. The molecule has 22 heavy (non-hydrogen) atoms. The number of ether oxygens (including phenoxy) is 1. The van der Waals surface area contributed by atoms with Crippen molar-refractivity contribution in [1.29, 1.82) is 0 Å². The van der Waals surface area contributed by atoms with Gasteiger partial charge in [0.05, 0.1) is 12.7 Å². The van der Waals surface area contributed by atoms with Crippen LogP contribution in [0.1, 0.15) is 41.2 Å². The molecule has 1 saturated heterocycles. The van der Waals surface area contributed by atoms with Crippen molar-refractivity contribution in [2.75, 3.05) is 25.5 Å². The summed E-state index contributed by atoms with van der Waals surface area (Å²) in [6.07, 6.45) is 3.29. The molecule has 1 fully saturated rings. The Morgan fingerprint density at radius 3 is 3.00 bits per heavy atom. The maximum Gasteiger partial charge on any atom is 0.337 e. The Morgan fingerprint density at radius 2 is 2.27 bits per heavy atom. The molecule has 0 saturated carbocycles. The molecule has 4 N–H and O–H groups in total. The van der Waals surface area contributed by atoms with Crippen LogP contribution >= 0.6 is 12.4 Å². The van der Waals surface area contributed by atoms with Gasteiger partial charge in [0.1, 0.15) is 0 Å². The Morgan fingerprint density at radius 1 is 1.45 bits per heavy atom. The minimum Gasteiger partial charge on any atom is -0.465 e. The molecule has 6 heteroatoms. The van der Waals surface area contributed by atoms with Crippen LogP contribution in [0.15, 0.2) is 18.2 Å². The molecule has 0 amide bonds. The smallest absolute Gasteiger partial charge is 0.337 e. The highest BCUT2D eigenvalue weighted by molar-refractivity contribution is 5.90. The molecule has 2 aliphatic heterocycles. The lowest BCUT2D eigenvalue weighted by Crippen LogP contribution is -2.38. The fourth-order valence-corrected chi connectivity index (χ4v) is 3.62. The molecule has 0 unspecified atom stereocenters. The maximum atomic E-state index is 11.7. The summed E-state index contributed by atoms with van der Waals surface area (Å²) in [4.78, 5) is 11.7. The second-order valence-electron chi connectivity index (χ2n) is 5.86. The number of rotatable bonds is 4. The van der Waals surface area contributed by atoms with Crippen molar-refractivity contribution in [3.05, 3.63) is 29.3 Å². The minimum atomic E-state index is -0.280. The van der Waals surface area contributed by atoms with Crippen LogP contribution in [-0.2, 0) is 4.74 Å². The van der Waals surface area contributed by atoms with Crippen LogP contribution in [0.25, 0.3) is 0 Å². The van der Waals surface area contributed by atoms with Gasteiger partial charge in [-0.25, -0.2) is 4.79 Å². The number of carbonyl (C=O) groups is 1. The fourth-order valence-electron chi connectivity index (χ4n) is 3.62. The average Bonchev–Trinajstić information content (AvgIpc) is 3.01. The molecule has 2 heterocycles. The van der Waals surface area contributed by atoms with E-state index >= 15 is 0 Å². The van der Waals surface area contributed by atoms with E-state index in [4.69, 9.17) is 10.5 Å². The maximum absolute atomic E-state index is 11.7. The molecule has 2 aliphatic rings.